The zero-order valence-electron chi connectivity index (χ0n) is 8.84. The zero-order chi connectivity index (χ0) is 11.7. The fourth-order valence-electron chi connectivity index (χ4n) is 1.83. The molecule has 0 amide bonds. The number of amidine groups is 1. The zero-order valence-corrected chi connectivity index (χ0v) is 9.65. The third kappa shape index (κ3) is 2.04. The molecule has 7 heteroatoms. The molecule has 2 saturated heterocycles. The van der Waals surface area contributed by atoms with Gasteiger partial charge < -0.3 is 20.3 Å². The van der Waals surface area contributed by atoms with Crippen LogP contribution in [0.1, 0.15) is 6.92 Å². The van der Waals surface area contributed by atoms with Gasteiger partial charge in [-0.2, -0.15) is 0 Å². The molecule has 2 rings (SSSR count). The molecule has 0 spiro atoms. The number of hydrogen-bond acceptors (Lipinski definition) is 5. The van der Waals surface area contributed by atoms with Crippen molar-refractivity contribution in [2.24, 2.45) is 4.99 Å². The fraction of sp³-hybridized carbons (Fsp3) is 0.889. The Morgan fingerprint density at radius 1 is 1.50 bits per heavy atom. The van der Waals surface area contributed by atoms with Crippen molar-refractivity contribution < 1.29 is 19.3 Å². The van der Waals surface area contributed by atoms with Crippen LogP contribution in [-0.2, 0) is 4.74 Å². The molecule has 2 fully saturated rings. The van der Waals surface area contributed by atoms with Gasteiger partial charge >= 0.3 is 0 Å². The predicted molar refractivity (Wildman–Crippen MR) is 59.1 cm³/mol. The van der Waals surface area contributed by atoms with Gasteiger partial charge in [0.2, 0.25) is 0 Å². The Morgan fingerprint density at radius 2 is 2.25 bits per heavy atom. The van der Waals surface area contributed by atoms with Crippen LogP contribution in [0.25, 0.3) is 0 Å². The van der Waals surface area contributed by atoms with Crippen molar-refractivity contribution in [3.05, 3.63) is 0 Å². The van der Waals surface area contributed by atoms with Gasteiger partial charge in [0.1, 0.15) is 30.4 Å². The number of fused-ring (bicyclic) bond motifs is 1. The van der Waals surface area contributed by atoms with Crippen LogP contribution in [0.3, 0.4) is 0 Å². The summed E-state index contributed by atoms with van der Waals surface area (Å²) < 4.78 is 17.9. The lowest BCUT2D eigenvalue weighted by Gasteiger charge is -2.37. The highest BCUT2D eigenvalue weighted by molar-refractivity contribution is 8.14. The van der Waals surface area contributed by atoms with Crippen LogP contribution >= 0.6 is 11.8 Å². The van der Waals surface area contributed by atoms with E-state index in [1.54, 1.807) is 0 Å². The van der Waals surface area contributed by atoms with Gasteiger partial charge in [0, 0.05) is 6.54 Å². The highest BCUT2D eigenvalue weighted by atomic mass is 32.2. The maximum Gasteiger partial charge on any atom is 0.159 e. The largest absolute Gasteiger partial charge is 0.388 e. The van der Waals surface area contributed by atoms with E-state index < -0.39 is 31.0 Å². The first-order valence-electron chi connectivity index (χ1n) is 5.22. The van der Waals surface area contributed by atoms with Crippen LogP contribution in [0.15, 0.2) is 4.99 Å². The molecule has 0 aromatic carbocycles. The predicted octanol–water partition coefficient (Wildman–Crippen LogP) is -0.517. The van der Waals surface area contributed by atoms with Gasteiger partial charge in [0.25, 0.3) is 0 Å². The molecule has 5 atom stereocenters. The highest BCUT2D eigenvalue weighted by Crippen LogP contribution is 2.33. The van der Waals surface area contributed by atoms with Crippen molar-refractivity contribution >= 4 is 16.9 Å². The van der Waals surface area contributed by atoms with E-state index in [0.717, 1.165) is 0 Å². The number of ether oxygens (including phenoxy) is 1. The van der Waals surface area contributed by atoms with Crippen LogP contribution < -0.4 is 5.32 Å². The van der Waals surface area contributed by atoms with Crippen molar-refractivity contribution in [3.63, 3.8) is 0 Å². The molecule has 16 heavy (non-hydrogen) atoms. The summed E-state index contributed by atoms with van der Waals surface area (Å²) in [5.74, 6) is 0. The molecule has 5 unspecified atom stereocenters. The summed E-state index contributed by atoms with van der Waals surface area (Å²) in [5, 5.41) is 23.0. The summed E-state index contributed by atoms with van der Waals surface area (Å²) in [4.78, 5) is 4.16. The summed E-state index contributed by atoms with van der Waals surface area (Å²) in [6, 6.07) is -0.423. The van der Waals surface area contributed by atoms with Crippen LogP contribution in [0.5, 0.6) is 0 Å². The van der Waals surface area contributed by atoms with Gasteiger partial charge in [0.05, 0.1) is 6.04 Å². The molecule has 0 aliphatic carbocycles. The second-order valence-corrected chi connectivity index (χ2v) is 4.83. The molecule has 2 aliphatic rings. The topological polar surface area (TPSA) is 74.1 Å². The van der Waals surface area contributed by atoms with Gasteiger partial charge in [-0.05, 0) is 6.92 Å². The van der Waals surface area contributed by atoms with Crippen molar-refractivity contribution in [2.45, 2.75) is 36.7 Å². The number of thioether (sulfide) groups is 1. The van der Waals surface area contributed by atoms with E-state index in [4.69, 9.17) is 4.74 Å². The van der Waals surface area contributed by atoms with Gasteiger partial charge in [-0.15, -0.1) is 0 Å². The Balaban J connectivity index is 2.10. The van der Waals surface area contributed by atoms with Crippen molar-refractivity contribution in [3.8, 4) is 0 Å². The minimum absolute atomic E-state index is 0.385. The summed E-state index contributed by atoms with van der Waals surface area (Å²) in [6.07, 6.45) is -3.18. The van der Waals surface area contributed by atoms with Crippen molar-refractivity contribution in [2.75, 3.05) is 13.2 Å². The molecule has 92 valence electrons. The molecule has 0 radical (unpaired) electrons. The molecule has 3 N–H and O–H groups in total. The molecule has 2 aliphatic heterocycles. The number of rotatable bonds is 2. The first-order valence-corrected chi connectivity index (χ1v) is 6.10. The number of halogens is 1. The maximum absolute atomic E-state index is 12.5. The first kappa shape index (κ1) is 12.1. The minimum Gasteiger partial charge on any atom is -0.388 e. The van der Waals surface area contributed by atoms with E-state index in [0.29, 0.717) is 11.7 Å². The second kappa shape index (κ2) is 4.87. The summed E-state index contributed by atoms with van der Waals surface area (Å²) in [5.41, 5.74) is -0.385. The number of aliphatic hydroxyl groups is 2. The number of hydrogen-bond donors (Lipinski definition) is 3. The number of aliphatic imine (C=N–C) groups is 1. The molecule has 2 heterocycles. The maximum atomic E-state index is 12.5. The number of aliphatic hydroxyl groups excluding tert-OH is 2. The van der Waals surface area contributed by atoms with Gasteiger partial charge in [0.15, 0.2) is 5.17 Å². The third-order valence-corrected chi connectivity index (χ3v) is 3.78. The second-order valence-electron chi connectivity index (χ2n) is 3.75. The Morgan fingerprint density at radius 3 is 2.88 bits per heavy atom. The lowest BCUT2D eigenvalue weighted by atomic mass is 9.99. The van der Waals surface area contributed by atoms with Crippen LogP contribution in [-0.4, -0.2) is 58.4 Å². The first-order chi connectivity index (χ1) is 7.67. The Bertz CT molecular complexity index is 292. The van der Waals surface area contributed by atoms with Crippen LogP contribution in [0, 0.1) is 0 Å². The number of alkyl halides is 1. The molecule has 0 aromatic rings. The normalized spacial score (nSPS) is 45.5. The summed E-state index contributed by atoms with van der Waals surface area (Å²) in [7, 11) is 0. The molecular formula is C9H15FN2O3S. The molecular weight excluding hydrogens is 235 g/mol. The van der Waals surface area contributed by atoms with E-state index in [1.807, 2.05) is 6.92 Å². The quantitative estimate of drug-likeness (QED) is 0.615. The minimum atomic E-state index is -1.19. The van der Waals surface area contributed by atoms with E-state index in [-0.39, 0.29) is 5.44 Å². The molecule has 5 nitrogen and oxygen atoms in total. The standard InChI is InChI=1S/C9H15FN2O3S/c1-2-11-9-12-5-7(14)6(13)4(3-10)15-8(5)16-9/h4-8,13-14H,2-3H2,1H3,(H,11,12). The SMILES string of the molecule is CCN=C1NC2C(OC(CF)C(O)C2O)S1. The molecule has 0 saturated carbocycles. The van der Waals surface area contributed by atoms with Crippen molar-refractivity contribution in [1.29, 1.82) is 0 Å². The lowest BCUT2D eigenvalue weighted by molar-refractivity contribution is -0.160. The highest BCUT2D eigenvalue weighted by Gasteiger charge is 2.48. The van der Waals surface area contributed by atoms with E-state index in [9.17, 15) is 14.6 Å². The van der Waals surface area contributed by atoms with Crippen LogP contribution in [0.2, 0.25) is 0 Å². The fourth-order valence-corrected chi connectivity index (χ4v) is 3.03. The number of nitrogens with zero attached hydrogens (tertiary/aromatic N) is 1. The van der Waals surface area contributed by atoms with Crippen LogP contribution in [0.4, 0.5) is 4.39 Å². The molecule has 0 bridgehead atoms. The van der Waals surface area contributed by atoms with Gasteiger partial charge in [-0.3, -0.25) is 4.99 Å². The monoisotopic (exact) mass is 250 g/mol. The lowest BCUT2D eigenvalue weighted by Crippen LogP contribution is -2.59. The van der Waals surface area contributed by atoms with E-state index in [1.165, 1.54) is 11.8 Å². The Hall–Kier alpha value is -0.370. The Kier molecular flexibility index (Phi) is 3.68. The summed E-state index contributed by atoms with van der Waals surface area (Å²) >= 11 is 1.32. The smallest absolute Gasteiger partial charge is 0.159 e. The number of nitrogens with one attached hydrogen (secondary N) is 1. The van der Waals surface area contributed by atoms with E-state index >= 15 is 0 Å². The third-order valence-electron chi connectivity index (χ3n) is 2.67. The Labute approximate surface area is 97.1 Å². The average molecular weight is 250 g/mol. The average Bonchev–Trinajstić information content (AvgIpc) is 2.67. The van der Waals surface area contributed by atoms with E-state index in [2.05, 4.69) is 10.3 Å². The summed E-state index contributed by atoms with van der Waals surface area (Å²) in [6.45, 7) is 1.72. The van der Waals surface area contributed by atoms with Crippen molar-refractivity contribution in [1.82, 2.24) is 5.32 Å². The van der Waals surface area contributed by atoms with Gasteiger partial charge in [-0.25, -0.2) is 4.39 Å². The molecule has 0 aromatic heterocycles. The van der Waals surface area contributed by atoms with Gasteiger partial charge in [-0.1, -0.05) is 11.8 Å².